The van der Waals surface area contributed by atoms with Gasteiger partial charge in [0.25, 0.3) is 5.91 Å². The Kier molecular flexibility index (Phi) is 4.10. The largest absolute Gasteiger partial charge is 0.336 e. The minimum Gasteiger partial charge on any atom is -0.336 e. The van der Waals surface area contributed by atoms with Crippen LogP contribution in [0.2, 0.25) is 0 Å². The highest BCUT2D eigenvalue weighted by Crippen LogP contribution is 2.24. The minimum absolute atomic E-state index is 0.130. The molecule has 1 aliphatic rings. The second-order valence-electron chi connectivity index (χ2n) is 5.66. The van der Waals surface area contributed by atoms with Gasteiger partial charge in [0.2, 0.25) is 0 Å². The third-order valence-corrected chi connectivity index (χ3v) is 4.01. The molecule has 0 spiro atoms. The number of carbonyl (C=O) groups excluding carboxylic acids is 1. The van der Waals surface area contributed by atoms with Crippen molar-refractivity contribution in [2.45, 2.75) is 39.7 Å². The summed E-state index contributed by atoms with van der Waals surface area (Å²) in [6, 6.07) is 5.94. The van der Waals surface area contributed by atoms with Crippen LogP contribution in [0.5, 0.6) is 0 Å². The molecule has 0 radical (unpaired) electrons. The minimum atomic E-state index is 0.130. The highest BCUT2D eigenvalue weighted by molar-refractivity contribution is 5.95. The first-order chi connectivity index (χ1) is 9.02. The predicted octanol–water partition coefficient (Wildman–Crippen LogP) is 2.54. The summed E-state index contributed by atoms with van der Waals surface area (Å²) in [5.41, 5.74) is 5.23. The Balaban J connectivity index is 2.21. The Morgan fingerprint density at radius 3 is 2.74 bits per heavy atom. The summed E-state index contributed by atoms with van der Waals surface area (Å²) in [5.74, 6) is 6.13. The molecule has 104 valence electrons. The van der Waals surface area contributed by atoms with Crippen LogP contribution in [0.15, 0.2) is 18.2 Å². The molecule has 1 aromatic rings. The Hall–Kier alpha value is -1.55. The lowest BCUT2D eigenvalue weighted by atomic mass is 9.94. The molecule has 1 aliphatic heterocycles. The van der Waals surface area contributed by atoms with Crippen LogP contribution in [0.4, 0.5) is 5.69 Å². The highest BCUT2D eigenvalue weighted by Gasteiger charge is 2.27. The van der Waals surface area contributed by atoms with Crippen molar-refractivity contribution < 1.29 is 4.79 Å². The molecular weight excluding hydrogens is 238 g/mol. The number of nitrogen functional groups attached to an aromatic ring is 1. The van der Waals surface area contributed by atoms with E-state index in [2.05, 4.69) is 19.3 Å². The van der Waals surface area contributed by atoms with Crippen LogP contribution in [0.1, 0.15) is 42.6 Å². The van der Waals surface area contributed by atoms with Crippen molar-refractivity contribution in [2.75, 3.05) is 12.0 Å². The molecule has 4 nitrogen and oxygen atoms in total. The number of nitrogens with two attached hydrogens (primary N) is 1. The van der Waals surface area contributed by atoms with Gasteiger partial charge in [-0.05, 0) is 56.4 Å². The first-order valence-electron chi connectivity index (χ1n) is 6.91. The number of nitrogens with zero attached hydrogens (tertiary/aromatic N) is 1. The maximum Gasteiger partial charge on any atom is 0.254 e. The zero-order chi connectivity index (χ0) is 14.0. The van der Waals surface area contributed by atoms with Gasteiger partial charge in [-0.1, -0.05) is 6.92 Å². The number of rotatable bonds is 2. The van der Waals surface area contributed by atoms with Gasteiger partial charge in [0.05, 0.1) is 5.69 Å². The normalized spacial score (nSPS) is 23.3. The summed E-state index contributed by atoms with van der Waals surface area (Å²) in [4.78, 5) is 14.6. The summed E-state index contributed by atoms with van der Waals surface area (Å²) in [6.45, 7) is 7.15. The quantitative estimate of drug-likeness (QED) is 0.635. The lowest BCUT2D eigenvalue weighted by molar-refractivity contribution is 0.0574. The molecule has 2 rings (SSSR count). The van der Waals surface area contributed by atoms with E-state index in [0.717, 1.165) is 29.8 Å². The summed E-state index contributed by atoms with van der Waals surface area (Å²) in [6.07, 6.45) is 2.30. The van der Waals surface area contributed by atoms with Gasteiger partial charge in [-0.25, -0.2) is 0 Å². The van der Waals surface area contributed by atoms with Gasteiger partial charge in [-0.3, -0.25) is 10.6 Å². The number of aryl methyl sites for hydroxylation is 1. The zero-order valence-electron chi connectivity index (χ0n) is 11.9. The second-order valence-corrected chi connectivity index (χ2v) is 5.66. The lowest BCUT2D eigenvalue weighted by Gasteiger charge is -2.37. The van der Waals surface area contributed by atoms with Crippen LogP contribution >= 0.6 is 0 Å². The summed E-state index contributed by atoms with van der Waals surface area (Å²) < 4.78 is 0. The number of hydrazine groups is 1. The van der Waals surface area contributed by atoms with Gasteiger partial charge in [-0.2, -0.15) is 0 Å². The van der Waals surface area contributed by atoms with Crippen LogP contribution < -0.4 is 11.3 Å². The van der Waals surface area contributed by atoms with Crippen molar-refractivity contribution in [1.82, 2.24) is 4.90 Å². The van der Waals surface area contributed by atoms with Crippen molar-refractivity contribution in [3.05, 3.63) is 29.3 Å². The van der Waals surface area contributed by atoms with E-state index in [9.17, 15) is 4.79 Å². The first-order valence-corrected chi connectivity index (χ1v) is 6.91. The molecule has 2 unspecified atom stereocenters. The molecule has 3 N–H and O–H groups in total. The standard InChI is InChI=1S/C15H23N3O/c1-10-4-5-12(3)18(9-10)15(19)13-6-7-14(17-16)11(2)8-13/h6-8,10,12,17H,4-5,9,16H2,1-3H3. The Morgan fingerprint density at radius 2 is 2.11 bits per heavy atom. The number of amides is 1. The molecule has 4 heteroatoms. The van der Waals surface area contributed by atoms with E-state index in [0.29, 0.717) is 12.0 Å². The van der Waals surface area contributed by atoms with Crippen molar-refractivity contribution in [3.8, 4) is 0 Å². The lowest BCUT2D eigenvalue weighted by Crippen LogP contribution is -2.44. The van der Waals surface area contributed by atoms with Crippen LogP contribution in [0.3, 0.4) is 0 Å². The van der Waals surface area contributed by atoms with E-state index in [1.807, 2.05) is 30.0 Å². The van der Waals surface area contributed by atoms with Crippen LogP contribution in [0.25, 0.3) is 0 Å². The third-order valence-electron chi connectivity index (χ3n) is 4.01. The zero-order valence-corrected chi connectivity index (χ0v) is 11.9. The molecule has 19 heavy (non-hydrogen) atoms. The fraction of sp³-hybridized carbons (Fsp3) is 0.533. The molecule has 0 bridgehead atoms. The fourth-order valence-electron chi connectivity index (χ4n) is 2.70. The molecular formula is C15H23N3O. The summed E-state index contributed by atoms with van der Waals surface area (Å²) in [7, 11) is 0. The number of benzene rings is 1. The molecule has 0 saturated carbocycles. The number of piperidine rings is 1. The topological polar surface area (TPSA) is 58.4 Å². The van der Waals surface area contributed by atoms with Crippen LogP contribution in [-0.2, 0) is 0 Å². The molecule has 1 amide bonds. The van der Waals surface area contributed by atoms with Crippen molar-refractivity contribution >= 4 is 11.6 Å². The van der Waals surface area contributed by atoms with Crippen molar-refractivity contribution in [1.29, 1.82) is 0 Å². The van der Waals surface area contributed by atoms with Gasteiger partial charge in [-0.15, -0.1) is 0 Å². The van der Waals surface area contributed by atoms with Gasteiger partial charge in [0.1, 0.15) is 0 Å². The summed E-state index contributed by atoms with van der Waals surface area (Å²) >= 11 is 0. The third kappa shape index (κ3) is 2.89. The van der Waals surface area contributed by atoms with Gasteiger partial charge in [0, 0.05) is 18.2 Å². The highest BCUT2D eigenvalue weighted by atomic mass is 16.2. The molecule has 1 saturated heterocycles. The maximum absolute atomic E-state index is 12.6. The molecule has 2 atom stereocenters. The predicted molar refractivity (Wildman–Crippen MR) is 77.9 cm³/mol. The number of anilines is 1. The fourth-order valence-corrected chi connectivity index (χ4v) is 2.70. The number of likely N-dealkylation sites (tertiary alicyclic amines) is 1. The van der Waals surface area contributed by atoms with Crippen molar-refractivity contribution in [2.24, 2.45) is 11.8 Å². The van der Waals surface area contributed by atoms with E-state index in [4.69, 9.17) is 5.84 Å². The Morgan fingerprint density at radius 1 is 1.37 bits per heavy atom. The van der Waals surface area contributed by atoms with Crippen LogP contribution in [-0.4, -0.2) is 23.4 Å². The SMILES string of the molecule is Cc1cc(C(=O)N2CC(C)CCC2C)ccc1NN. The average molecular weight is 261 g/mol. The number of carbonyl (C=O) groups is 1. The Labute approximate surface area is 114 Å². The monoisotopic (exact) mass is 261 g/mol. The average Bonchev–Trinajstić information content (AvgIpc) is 2.40. The first kappa shape index (κ1) is 13.9. The number of hydrogen-bond donors (Lipinski definition) is 2. The molecule has 1 aromatic carbocycles. The van der Waals surface area contributed by atoms with Gasteiger partial charge >= 0.3 is 0 Å². The van der Waals surface area contributed by atoms with E-state index in [1.54, 1.807) is 0 Å². The molecule has 1 heterocycles. The maximum atomic E-state index is 12.6. The van der Waals surface area contributed by atoms with E-state index >= 15 is 0 Å². The molecule has 0 aliphatic carbocycles. The Bertz CT molecular complexity index is 472. The number of hydrogen-bond acceptors (Lipinski definition) is 3. The van der Waals surface area contributed by atoms with E-state index in [-0.39, 0.29) is 5.91 Å². The van der Waals surface area contributed by atoms with Crippen molar-refractivity contribution in [3.63, 3.8) is 0 Å². The van der Waals surface area contributed by atoms with Crippen LogP contribution in [0, 0.1) is 12.8 Å². The number of nitrogens with one attached hydrogen (secondary N) is 1. The second kappa shape index (κ2) is 5.61. The van der Waals surface area contributed by atoms with E-state index in [1.165, 1.54) is 6.42 Å². The smallest absolute Gasteiger partial charge is 0.254 e. The molecule has 1 fully saturated rings. The van der Waals surface area contributed by atoms with Gasteiger partial charge < -0.3 is 10.3 Å². The van der Waals surface area contributed by atoms with E-state index < -0.39 is 0 Å². The summed E-state index contributed by atoms with van der Waals surface area (Å²) in [5, 5.41) is 0. The van der Waals surface area contributed by atoms with Gasteiger partial charge in [0.15, 0.2) is 0 Å². The molecule has 0 aromatic heterocycles.